The van der Waals surface area contributed by atoms with Gasteiger partial charge in [0.25, 0.3) is 0 Å². The van der Waals surface area contributed by atoms with Gasteiger partial charge in [0.2, 0.25) is 0 Å². The Kier molecular flexibility index (Phi) is 4.86. The molecule has 146 valence electrons. The third kappa shape index (κ3) is 2.98. The largest absolute Gasteiger partial charge is 0.491 e. The number of benzene rings is 2. The summed E-state index contributed by atoms with van der Waals surface area (Å²) >= 11 is 1.71. The van der Waals surface area contributed by atoms with E-state index in [-0.39, 0.29) is 24.4 Å². The van der Waals surface area contributed by atoms with Crippen LogP contribution in [0.5, 0.6) is 5.75 Å². The molecule has 4 nitrogen and oxygen atoms in total. The molecule has 0 saturated heterocycles. The fourth-order valence-electron chi connectivity index (χ4n) is 4.19. The second-order valence-electron chi connectivity index (χ2n) is 7.86. The normalized spacial score (nSPS) is 17.8. The van der Waals surface area contributed by atoms with Crippen molar-refractivity contribution in [3.05, 3.63) is 64.2 Å². The third-order valence-corrected chi connectivity index (χ3v) is 6.52. The van der Waals surface area contributed by atoms with Crippen LogP contribution in [0.4, 0.5) is 0 Å². The van der Waals surface area contributed by atoms with Crippen molar-refractivity contribution in [2.45, 2.75) is 36.7 Å². The average molecular weight is 397 g/mol. The van der Waals surface area contributed by atoms with E-state index in [0.29, 0.717) is 11.3 Å². The van der Waals surface area contributed by atoms with Crippen LogP contribution in [0.3, 0.4) is 0 Å². The lowest BCUT2D eigenvalue weighted by atomic mass is 9.68. The van der Waals surface area contributed by atoms with Crippen molar-refractivity contribution in [1.29, 1.82) is 0 Å². The second kappa shape index (κ2) is 7.07. The summed E-state index contributed by atoms with van der Waals surface area (Å²) in [5.74, 6) is 0.665. The molecule has 0 unspecified atom stereocenters. The van der Waals surface area contributed by atoms with Gasteiger partial charge in [-0.15, -0.1) is 11.8 Å². The number of rotatable bonds is 5. The molecular weight excluding hydrogens is 372 g/mol. The van der Waals surface area contributed by atoms with E-state index >= 15 is 0 Å². The van der Waals surface area contributed by atoms with E-state index < -0.39 is 6.10 Å². The van der Waals surface area contributed by atoms with E-state index in [1.807, 2.05) is 12.1 Å². The van der Waals surface area contributed by atoms with Crippen LogP contribution >= 0.6 is 11.8 Å². The van der Waals surface area contributed by atoms with Gasteiger partial charge in [-0.25, -0.2) is 0 Å². The highest BCUT2D eigenvalue weighted by atomic mass is 32.2. The maximum Gasteiger partial charge on any atom is 0.193 e. The van der Waals surface area contributed by atoms with E-state index in [1.165, 1.54) is 10.5 Å². The predicted molar refractivity (Wildman–Crippen MR) is 111 cm³/mol. The molecule has 2 aromatic carbocycles. The molecule has 2 aliphatic carbocycles. The Balaban J connectivity index is 1.74. The maximum absolute atomic E-state index is 13.3. The highest BCUT2D eigenvalue weighted by molar-refractivity contribution is 7.98. The summed E-state index contributed by atoms with van der Waals surface area (Å²) in [6, 6.07) is 11.8. The molecule has 2 aliphatic rings. The Bertz CT molecular complexity index is 990. The molecule has 0 aromatic heterocycles. The first-order valence-corrected chi connectivity index (χ1v) is 10.6. The van der Waals surface area contributed by atoms with Gasteiger partial charge in [-0.05, 0) is 65.3 Å². The number of ketones is 1. The van der Waals surface area contributed by atoms with Crippen LogP contribution in [0, 0.1) is 0 Å². The molecule has 0 aliphatic heterocycles. The van der Waals surface area contributed by atoms with Gasteiger partial charge < -0.3 is 14.9 Å². The Morgan fingerprint density at radius 1 is 1.18 bits per heavy atom. The summed E-state index contributed by atoms with van der Waals surface area (Å²) in [6.07, 6.45) is 1.92. The van der Waals surface area contributed by atoms with Crippen LogP contribution in [0.15, 0.2) is 46.9 Å². The van der Waals surface area contributed by atoms with Gasteiger partial charge in [0.05, 0.1) is 6.61 Å². The summed E-state index contributed by atoms with van der Waals surface area (Å²) in [5, 5.41) is 18.5. The SMILES string of the molecule is CSc1ccc2c(c1)CC1=C2C(=O)c2ccc(OC[C@H](O)CO)cc2C1(C)C. The Hall–Kier alpha value is -2.08. The molecule has 0 bridgehead atoms. The van der Waals surface area contributed by atoms with Gasteiger partial charge in [0, 0.05) is 21.4 Å². The number of hydrogen-bond donors (Lipinski definition) is 2. The molecule has 0 spiro atoms. The van der Waals surface area contributed by atoms with Crippen LogP contribution in [0.2, 0.25) is 0 Å². The molecule has 28 heavy (non-hydrogen) atoms. The topological polar surface area (TPSA) is 66.8 Å². The molecule has 4 rings (SSSR count). The van der Waals surface area contributed by atoms with Crippen LogP contribution in [0.25, 0.3) is 5.57 Å². The highest BCUT2D eigenvalue weighted by Gasteiger charge is 2.42. The highest BCUT2D eigenvalue weighted by Crippen LogP contribution is 2.50. The van der Waals surface area contributed by atoms with Crippen molar-refractivity contribution in [1.82, 2.24) is 0 Å². The van der Waals surface area contributed by atoms with Crippen LogP contribution < -0.4 is 4.74 Å². The van der Waals surface area contributed by atoms with E-state index in [9.17, 15) is 9.90 Å². The maximum atomic E-state index is 13.3. The minimum absolute atomic E-state index is 0.0144. The van der Waals surface area contributed by atoms with Gasteiger partial charge in [0.15, 0.2) is 5.78 Å². The number of carbonyl (C=O) groups excluding carboxylic acids is 1. The lowest BCUT2D eigenvalue weighted by Gasteiger charge is -2.34. The van der Waals surface area contributed by atoms with Gasteiger partial charge >= 0.3 is 0 Å². The number of carbonyl (C=O) groups is 1. The molecule has 0 saturated carbocycles. The van der Waals surface area contributed by atoms with Crippen molar-refractivity contribution in [3.63, 3.8) is 0 Å². The minimum Gasteiger partial charge on any atom is -0.491 e. The molecular formula is C23H24O4S. The number of ether oxygens (including phenoxy) is 1. The molecule has 2 N–H and O–H groups in total. The summed E-state index contributed by atoms with van der Waals surface area (Å²) in [4.78, 5) is 14.6. The van der Waals surface area contributed by atoms with Crippen molar-refractivity contribution in [3.8, 4) is 5.75 Å². The number of thioether (sulfide) groups is 1. The quantitative estimate of drug-likeness (QED) is 0.756. The number of aliphatic hydroxyl groups excluding tert-OH is 2. The molecule has 0 fully saturated rings. The summed E-state index contributed by atoms with van der Waals surface area (Å²) < 4.78 is 5.62. The molecule has 2 aromatic rings. The number of allylic oxidation sites excluding steroid dienone is 2. The first-order valence-electron chi connectivity index (χ1n) is 9.38. The molecule has 0 amide bonds. The Morgan fingerprint density at radius 2 is 1.93 bits per heavy atom. The van der Waals surface area contributed by atoms with Crippen molar-refractivity contribution >= 4 is 23.1 Å². The van der Waals surface area contributed by atoms with Crippen molar-refractivity contribution < 1.29 is 19.7 Å². The zero-order valence-corrected chi connectivity index (χ0v) is 17.1. The molecule has 1 atom stereocenters. The van der Waals surface area contributed by atoms with Gasteiger partial charge in [-0.3, -0.25) is 4.79 Å². The van der Waals surface area contributed by atoms with Crippen molar-refractivity contribution in [2.24, 2.45) is 0 Å². The molecule has 0 radical (unpaired) electrons. The van der Waals surface area contributed by atoms with E-state index in [4.69, 9.17) is 9.84 Å². The summed E-state index contributed by atoms with van der Waals surface area (Å²) in [5.41, 5.74) is 5.64. The molecule has 5 heteroatoms. The fourth-order valence-corrected chi connectivity index (χ4v) is 4.66. The van der Waals surface area contributed by atoms with Crippen LogP contribution in [0.1, 0.15) is 40.9 Å². The van der Waals surface area contributed by atoms with Crippen LogP contribution in [-0.2, 0) is 11.8 Å². The van der Waals surface area contributed by atoms with Gasteiger partial charge in [0.1, 0.15) is 18.5 Å². The molecule has 0 heterocycles. The fraction of sp³-hybridized carbons (Fsp3) is 0.348. The minimum atomic E-state index is -0.921. The number of aliphatic hydroxyl groups is 2. The number of hydrogen-bond acceptors (Lipinski definition) is 5. The van der Waals surface area contributed by atoms with E-state index in [0.717, 1.165) is 28.7 Å². The average Bonchev–Trinajstić information content (AvgIpc) is 3.10. The first-order chi connectivity index (χ1) is 13.4. The standard InChI is InChI=1S/C23H24O4S/c1-23(2)19-10-15(27-12-14(25)11-24)4-6-18(19)22(26)21-17-7-5-16(28-3)8-13(17)9-20(21)23/h4-8,10,14,24-25H,9,11-12H2,1-3H3/t14-/m1/s1. The Labute approximate surface area is 169 Å². The number of fused-ring (bicyclic) bond motifs is 3. The Morgan fingerprint density at radius 3 is 2.64 bits per heavy atom. The second-order valence-corrected chi connectivity index (χ2v) is 8.74. The monoisotopic (exact) mass is 396 g/mol. The van der Waals surface area contributed by atoms with Gasteiger partial charge in [-0.2, -0.15) is 0 Å². The van der Waals surface area contributed by atoms with Crippen molar-refractivity contribution in [2.75, 3.05) is 19.5 Å². The number of Topliss-reactive ketones (excluding diaryl/α,β-unsaturated/α-hetero) is 1. The van der Waals surface area contributed by atoms with E-state index in [2.05, 4.69) is 38.3 Å². The first kappa shape index (κ1) is 19.2. The zero-order valence-electron chi connectivity index (χ0n) is 16.3. The smallest absolute Gasteiger partial charge is 0.193 e. The van der Waals surface area contributed by atoms with E-state index in [1.54, 1.807) is 17.8 Å². The predicted octanol–water partition coefficient (Wildman–Crippen LogP) is 3.62. The summed E-state index contributed by atoms with van der Waals surface area (Å²) in [7, 11) is 0. The lowest BCUT2D eigenvalue weighted by Crippen LogP contribution is -2.30. The lowest BCUT2D eigenvalue weighted by molar-refractivity contribution is 0.0535. The zero-order chi connectivity index (χ0) is 20.1. The summed E-state index contributed by atoms with van der Waals surface area (Å²) in [6.45, 7) is 3.98. The van der Waals surface area contributed by atoms with Gasteiger partial charge in [-0.1, -0.05) is 19.9 Å². The third-order valence-electron chi connectivity index (χ3n) is 5.79. The van der Waals surface area contributed by atoms with Crippen LogP contribution in [-0.4, -0.2) is 41.6 Å².